The Bertz CT molecular complexity index is 1140. The van der Waals surface area contributed by atoms with Crippen LogP contribution in [0, 0.1) is 5.82 Å². The summed E-state index contributed by atoms with van der Waals surface area (Å²) in [5.74, 6) is 0.721. The first kappa shape index (κ1) is 19.8. The number of carbonyl (C=O) groups is 1. The maximum absolute atomic E-state index is 13.5. The normalized spacial score (nSPS) is 24.0. The molecule has 30 heavy (non-hydrogen) atoms. The van der Waals surface area contributed by atoms with Crippen molar-refractivity contribution in [2.75, 3.05) is 29.9 Å². The highest BCUT2D eigenvalue weighted by molar-refractivity contribution is 7.91. The van der Waals surface area contributed by atoms with Gasteiger partial charge in [0.15, 0.2) is 9.84 Å². The number of aromatic nitrogens is 1. The Kier molecular flexibility index (Phi) is 4.74. The molecule has 0 spiro atoms. The van der Waals surface area contributed by atoms with Gasteiger partial charge in [-0.15, -0.1) is 0 Å². The number of amides is 1. The molecule has 2 unspecified atom stereocenters. The number of nitrogens with one attached hydrogen (secondary N) is 1. The number of pyridine rings is 1. The predicted octanol–water partition coefficient (Wildman–Crippen LogP) is 3.85. The van der Waals surface area contributed by atoms with Crippen molar-refractivity contribution in [3.05, 3.63) is 51.9 Å². The molecule has 1 N–H and O–H groups in total. The number of rotatable bonds is 3. The first-order valence-corrected chi connectivity index (χ1v) is 12.3. The van der Waals surface area contributed by atoms with Crippen molar-refractivity contribution in [3.8, 4) is 0 Å². The number of nitrogens with zero attached hydrogens (tertiary/aromatic N) is 2. The minimum atomic E-state index is -3.06. The van der Waals surface area contributed by atoms with Crippen LogP contribution in [0.25, 0.3) is 0 Å². The summed E-state index contributed by atoms with van der Waals surface area (Å²) in [7, 11) is -3.06. The van der Waals surface area contributed by atoms with Crippen molar-refractivity contribution in [2.24, 2.45) is 0 Å². The first-order valence-electron chi connectivity index (χ1n) is 10.1. The van der Waals surface area contributed by atoms with Crippen LogP contribution in [0.5, 0.6) is 0 Å². The molecule has 2 heterocycles. The third-order valence-electron chi connectivity index (χ3n) is 6.45. The average molecular weight is 450 g/mol. The maximum atomic E-state index is 13.5. The van der Waals surface area contributed by atoms with Crippen LogP contribution >= 0.6 is 11.6 Å². The van der Waals surface area contributed by atoms with Gasteiger partial charge in [-0.2, -0.15) is 0 Å². The van der Waals surface area contributed by atoms with Gasteiger partial charge in [-0.1, -0.05) is 11.6 Å². The van der Waals surface area contributed by atoms with Gasteiger partial charge in [-0.25, -0.2) is 17.8 Å². The number of anilines is 2. The van der Waals surface area contributed by atoms with E-state index in [0.717, 1.165) is 30.4 Å². The van der Waals surface area contributed by atoms with E-state index in [0.29, 0.717) is 28.9 Å². The fourth-order valence-corrected chi connectivity index (χ4v) is 6.35. The van der Waals surface area contributed by atoms with E-state index in [1.54, 1.807) is 17.2 Å². The van der Waals surface area contributed by atoms with Gasteiger partial charge in [0.25, 0.3) is 5.91 Å². The van der Waals surface area contributed by atoms with E-state index in [2.05, 4.69) is 10.3 Å². The summed E-state index contributed by atoms with van der Waals surface area (Å²) in [6, 6.07) is 4.43. The lowest BCUT2D eigenvalue weighted by molar-refractivity contribution is 0.0768. The number of benzene rings is 1. The third-order valence-corrected chi connectivity index (χ3v) is 8.35. The highest BCUT2D eigenvalue weighted by atomic mass is 35.5. The largest absolute Gasteiger partial charge is 0.340 e. The summed E-state index contributed by atoms with van der Waals surface area (Å²) in [5.41, 5.74) is 3.32. The Morgan fingerprint density at radius 3 is 2.57 bits per heavy atom. The summed E-state index contributed by atoms with van der Waals surface area (Å²) in [6.45, 7) is 0.441. The highest BCUT2D eigenvalue weighted by Gasteiger charge is 2.42. The minimum Gasteiger partial charge on any atom is -0.340 e. The number of hydrogen-bond acceptors (Lipinski definition) is 5. The minimum absolute atomic E-state index is 0.00534. The molecule has 2 aliphatic carbocycles. The van der Waals surface area contributed by atoms with Crippen LogP contribution < -0.4 is 5.32 Å². The van der Waals surface area contributed by atoms with E-state index in [-0.39, 0.29) is 35.5 Å². The monoisotopic (exact) mass is 449 g/mol. The Morgan fingerprint density at radius 2 is 1.87 bits per heavy atom. The van der Waals surface area contributed by atoms with Gasteiger partial charge in [-0.3, -0.25) is 4.79 Å². The van der Waals surface area contributed by atoms with Crippen LogP contribution in [-0.2, 0) is 9.84 Å². The topological polar surface area (TPSA) is 79.4 Å². The maximum Gasteiger partial charge on any atom is 0.255 e. The fraction of sp³-hybridized carbons (Fsp3) is 0.429. The SMILES string of the molecule is O=C(c1cnc(Nc2ccc(F)c(Cl)c2)c2c1C1CCC2C1)N1CCS(=O)(=O)CC1. The number of fused-ring (bicyclic) bond motifs is 5. The molecule has 6 nitrogen and oxygen atoms in total. The lowest BCUT2D eigenvalue weighted by Crippen LogP contribution is -2.44. The van der Waals surface area contributed by atoms with Gasteiger partial charge in [0, 0.05) is 30.5 Å². The zero-order valence-electron chi connectivity index (χ0n) is 16.2. The fourth-order valence-electron chi connectivity index (χ4n) is 4.97. The molecule has 9 heteroatoms. The second-order valence-electron chi connectivity index (χ2n) is 8.25. The highest BCUT2D eigenvalue weighted by Crippen LogP contribution is 2.56. The number of carbonyl (C=O) groups excluding carboxylic acids is 1. The van der Waals surface area contributed by atoms with Gasteiger partial charge in [0.1, 0.15) is 11.6 Å². The molecule has 158 valence electrons. The number of sulfone groups is 1. The van der Waals surface area contributed by atoms with Crippen LogP contribution in [0.15, 0.2) is 24.4 Å². The molecule has 1 saturated heterocycles. The molecule has 2 fully saturated rings. The average Bonchev–Trinajstić information content (AvgIpc) is 3.33. The van der Waals surface area contributed by atoms with Crippen molar-refractivity contribution in [2.45, 2.75) is 31.1 Å². The van der Waals surface area contributed by atoms with E-state index in [4.69, 9.17) is 11.6 Å². The van der Waals surface area contributed by atoms with Gasteiger partial charge in [0.05, 0.1) is 22.1 Å². The molecule has 1 aromatic carbocycles. The second-order valence-corrected chi connectivity index (χ2v) is 11.0. The summed E-state index contributed by atoms with van der Waals surface area (Å²) in [6.07, 6.45) is 4.68. The molecule has 1 aliphatic heterocycles. The summed E-state index contributed by atoms with van der Waals surface area (Å²) >= 11 is 5.90. The van der Waals surface area contributed by atoms with Gasteiger partial charge in [0.2, 0.25) is 0 Å². The second kappa shape index (κ2) is 7.20. The van der Waals surface area contributed by atoms with Crippen molar-refractivity contribution in [1.29, 1.82) is 0 Å². The zero-order chi connectivity index (χ0) is 21.0. The van der Waals surface area contributed by atoms with Crippen LogP contribution in [0.1, 0.15) is 52.6 Å². The van der Waals surface area contributed by atoms with Crippen molar-refractivity contribution >= 4 is 38.9 Å². The molecule has 1 amide bonds. The van der Waals surface area contributed by atoms with Crippen molar-refractivity contribution in [3.63, 3.8) is 0 Å². The molecule has 0 radical (unpaired) electrons. The number of hydrogen-bond donors (Lipinski definition) is 1. The Hall–Kier alpha value is -2.19. The molecular weight excluding hydrogens is 429 g/mol. The Labute approximate surface area is 179 Å². The van der Waals surface area contributed by atoms with Crippen LogP contribution in [-0.4, -0.2) is 48.8 Å². The molecule has 2 atom stereocenters. The molecule has 5 rings (SSSR count). The van der Waals surface area contributed by atoms with Crippen LogP contribution in [0.3, 0.4) is 0 Å². The lowest BCUT2D eigenvalue weighted by atomic mass is 9.88. The summed E-state index contributed by atoms with van der Waals surface area (Å²) in [4.78, 5) is 19.4. The predicted molar refractivity (Wildman–Crippen MR) is 113 cm³/mol. The van der Waals surface area contributed by atoms with E-state index < -0.39 is 15.7 Å². The Balaban J connectivity index is 1.49. The first-order chi connectivity index (χ1) is 14.3. The molecule has 1 aromatic heterocycles. The summed E-state index contributed by atoms with van der Waals surface area (Å²) in [5, 5.41) is 3.28. The lowest BCUT2D eigenvalue weighted by Gasteiger charge is -2.29. The van der Waals surface area contributed by atoms with Gasteiger partial charge < -0.3 is 10.2 Å². The standard InChI is InChI=1S/C21H21ClFN3O3S/c22-16-10-14(3-4-17(16)23)25-20-19-13-2-1-12(9-13)18(19)15(11-24-20)21(27)26-5-7-30(28,29)8-6-26/h3-4,10-13H,1-2,5-9H2,(H,24,25). The van der Waals surface area contributed by atoms with E-state index >= 15 is 0 Å². The van der Waals surface area contributed by atoms with E-state index in [1.165, 1.54) is 12.1 Å². The van der Waals surface area contributed by atoms with E-state index in [1.807, 2.05) is 0 Å². The van der Waals surface area contributed by atoms with Crippen molar-refractivity contribution in [1.82, 2.24) is 9.88 Å². The smallest absolute Gasteiger partial charge is 0.255 e. The molecule has 2 aromatic rings. The quantitative estimate of drug-likeness (QED) is 0.769. The number of halogens is 2. The molecular formula is C21H21ClFN3O3S. The molecule has 2 bridgehead atoms. The third kappa shape index (κ3) is 3.36. The molecule has 3 aliphatic rings. The van der Waals surface area contributed by atoms with E-state index in [9.17, 15) is 17.6 Å². The Morgan fingerprint density at radius 1 is 1.17 bits per heavy atom. The van der Waals surface area contributed by atoms with Crippen molar-refractivity contribution < 1.29 is 17.6 Å². The van der Waals surface area contributed by atoms with Crippen LogP contribution in [0.4, 0.5) is 15.9 Å². The van der Waals surface area contributed by atoms with Gasteiger partial charge >= 0.3 is 0 Å². The zero-order valence-corrected chi connectivity index (χ0v) is 17.8. The molecule has 1 saturated carbocycles. The van der Waals surface area contributed by atoms with Gasteiger partial charge in [-0.05, 0) is 54.9 Å². The summed E-state index contributed by atoms with van der Waals surface area (Å²) < 4.78 is 36.9. The van der Waals surface area contributed by atoms with Crippen LogP contribution in [0.2, 0.25) is 5.02 Å².